The van der Waals surface area contributed by atoms with Gasteiger partial charge in [-0.1, -0.05) is 6.07 Å². The maximum atomic E-state index is 12.8. The molecule has 1 aliphatic carbocycles. The maximum absolute atomic E-state index is 12.8. The molecule has 0 saturated carbocycles. The number of fused-ring (bicyclic) bond motifs is 1. The van der Waals surface area contributed by atoms with Gasteiger partial charge in [0, 0.05) is 12.7 Å². The Labute approximate surface area is 160 Å². The summed E-state index contributed by atoms with van der Waals surface area (Å²) in [4.78, 5) is 12.5. The Morgan fingerprint density at radius 3 is 2.41 bits per heavy atom. The molecule has 3 rings (SSSR count). The predicted octanol–water partition coefficient (Wildman–Crippen LogP) is 2.83. The Bertz CT molecular complexity index is 923. The van der Waals surface area contributed by atoms with Crippen molar-refractivity contribution in [3.63, 3.8) is 0 Å². The van der Waals surface area contributed by atoms with E-state index in [-0.39, 0.29) is 11.4 Å². The number of likely N-dealkylation sites (N-methyl/N-ethyl adjacent to an activating group) is 1. The lowest BCUT2D eigenvalue weighted by atomic mass is 9.92. The van der Waals surface area contributed by atoms with Gasteiger partial charge in [-0.05, 0) is 73.2 Å². The fourth-order valence-corrected chi connectivity index (χ4v) is 4.39. The standard InChI is InChI=1S/C20H24N2O4S/c1-22(14-20(23)21-17-8-10-18(26-2)11-9-17)27(24,25)19-12-7-15-5-3-4-6-16(15)13-19/h7-13H,3-6,14H2,1-2H3,(H,21,23). The van der Waals surface area contributed by atoms with E-state index in [0.29, 0.717) is 11.4 Å². The summed E-state index contributed by atoms with van der Waals surface area (Å²) in [6.07, 6.45) is 4.12. The van der Waals surface area contributed by atoms with Gasteiger partial charge < -0.3 is 10.1 Å². The number of sulfonamides is 1. The summed E-state index contributed by atoms with van der Waals surface area (Å²) in [7, 11) is -0.735. The van der Waals surface area contributed by atoms with Crippen molar-refractivity contribution in [2.75, 3.05) is 26.0 Å². The van der Waals surface area contributed by atoms with Crippen LogP contribution in [-0.4, -0.2) is 39.3 Å². The number of aryl methyl sites for hydroxylation is 2. The van der Waals surface area contributed by atoms with E-state index < -0.39 is 15.9 Å². The lowest BCUT2D eigenvalue weighted by Gasteiger charge is -2.20. The van der Waals surface area contributed by atoms with Crippen molar-refractivity contribution in [1.82, 2.24) is 4.31 Å². The fraction of sp³-hybridized carbons (Fsp3) is 0.350. The monoisotopic (exact) mass is 388 g/mol. The SMILES string of the molecule is COc1ccc(NC(=O)CN(C)S(=O)(=O)c2ccc3c(c2)CCCC3)cc1. The molecule has 0 bridgehead atoms. The highest BCUT2D eigenvalue weighted by atomic mass is 32.2. The molecule has 0 aliphatic heterocycles. The zero-order valence-corrected chi connectivity index (χ0v) is 16.4. The normalized spacial score (nSPS) is 13.9. The topological polar surface area (TPSA) is 75.7 Å². The predicted molar refractivity (Wildman–Crippen MR) is 105 cm³/mol. The summed E-state index contributed by atoms with van der Waals surface area (Å²) in [5.41, 5.74) is 2.90. The number of nitrogens with one attached hydrogen (secondary N) is 1. The quantitative estimate of drug-likeness (QED) is 0.826. The summed E-state index contributed by atoms with van der Waals surface area (Å²) in [6.45, 7) is -0.258. The van der Waals surface area contributed by atoms with Gasteiger partial charge in [-0.2, -0.15) is 4.31 Å². The number of benzene rings is 2. The second-order valence-electron chi connectivity index (χ2n) is 6.68. The summed E-state index contributed by atoms with van der Waals surface area (Å²) < 4.78 is 31.8. The third-order valence-corrected chi connectivity index (χ3v) is 6.57. The number of hydrogen-bond acceptors (Lipinski definition) is 4. The van der Waals surface area contributed by atoms with Crippen molar-refractivity contribution < 1.29 is 17.9 Å². The Balaban J connectivity index is 1.68. The van der Waals surface area contributed by atoms with Crippen LogP contribution in [-0.2, 0) is 27.7 Å². The number of methoxy groups -OCH3 is 1. The maximum Gasteiger partial charge on any atom is 0.243 e. The van der Waals surface area contributed by atoms with E-state index in [1.54, 1.807) is 43.5 Å². The molecule has 2 aromatic carbocycles. The molecule has 1 aliphatic rings. The molecule has 27 heavy (non-hydrogen) atoms. The van der Waals surface area contributed by atoms with Crippen LogP contribution in [0, 0.1) is 0 Å². The molecule has 0 fully saturated rings. The first kappa shape index (κ1) is 19.4. The molecule has 7 heteroatoms. The van der Waals surface area contributed by atoms with Crippen LogP contribution in [0.25, 0.3) is 0 Å². The summed E-state index contributed by atoms with van der Waals surface area (Å²) in [5.74, 6) is 0.282. The van der Waals surface area contributed by atoms with Gasteiger partial charge in [-0.25, -0.2) is 8.42 Å². The van der Waals surface area contributed by atoms with Crippen molar-refractivity contribution in [3.8, 4) is 5.75 Å². The fourth-order valence-electron chi connectivity index (χ4n) is 3.21. The molecular formula is C20H24N2O4S. The average Bonchev–Trinajstić information content (AvgIpc) is 2.68. The number of nitrogens with zero attached hydrogens (tertiary/aromatic N) is 1. The van der Waals surface area contributed by atoms with Crippen LogP contribution in [0.2, 0.25) is 0 Å². The van der Waals surface area contributed by atoms with Crippen LogP contribution in [0.1, 0.15) is 24.0 Å². The number of hydrogen-bond donors (Lipinski definition) is 1. The van der Waals surface area contributed by atoms with Crippen LogP contribution in [0.5, 0.6) is 5.75 Å². The number of anilines is 1. The van der Waals surface area contributed by atoms with Crippen LogP contribution >= 0.6 is 0 Å². The van der Waals surface area contributed by atoms with Crippen LogP contribution in [0.3, 0.4) is 0 Å². The van der Waals surface area contributed by atoms with Gasteiger partial charge in [0.25, 0.3) is 0 Å². The van der Waals surface area contributed by atoms with Crippen molar-refractivity contribution in [1.29, 1.82) is 0 Å². The minimum Gasteiger partial charge on any atom is -0.497 e. The molecule has 0 unspecified atom stereocenters. The van der Waals surface area contributed by atoms with Crippen molar-refractivity contribution in [3.05, 3.63) is 53.6 Å². The van der Waals surface area contributed by atoms with Crippen molar-refractivity contribution >= 4 is 21.6 Å². The lowest BCUT2D eigenvalue weighted by Crippen LogP contribution is -2.35. The average molecular weight is 388 g/mol. The zero-order chi connectivity index (χ0) is 19.4. The molecule has 0 spiro atoms. The van der Waals surface area contributed by atoms with Gasteiger partial charge in [-0.15, -0.1) is 0 Å². The molecule has 1 amide bonds. The smallest absolute Gasteiger partial charge is 0.243 e. The van der Waals surface area contributed by atoms with Gasteiger partial charge in [0.2, 0.25) is 15.9 Å². The highest BCUT2D eigenvalue weighted by Crippen LogP contribution is 2.25. The van der Waals surface area contributed by atoms with Gasteiger partial charge in [0.15, 0.2) is 0 Å². The molecule has 0 heterocycles. The molecule has 6 nitrogen and oxygen atoms in total. The molecule has 0 saturated heterocycles. The van der Waals surface area contributed by atoms with Gasteiger partial charge >= 0.3 is 0 Å². The van der Waals surface area contributed by atoms with E-state index >= 15 is 0 Å². The Hall–Kier alpha value is -2.38. The van der Waals surface area contributed by atoms with E-state index in [1.807, 2.05) is 6.07 Å². The van der Waals surface area contributed by atoms with Crippen molar-refractivity contribution in [2.24, 2.45) is 0 Å². The van der Waals surface area contributed by atoms with Gasteiger partial charge in [0.05, 0.1) is 18.6 Å². The van der Waals surface area contributed by atoms with Crippen LogP contribution in [0.4, 0.5) is 5.69 Å². The molecular weight excluding hydrogens is 364 g/mol. The highest BCUT2D eigenvalue weighted by Gasteiger charge is 2.24. The second-order valence-corrected chi connectivity index (χ2v) is 8.72. The molecule has 2 aromatic rings. The van der Waals surface area contributed by atoms with E-state index in [4.69, 9.17) is 4.74 Å². The van der Waals surface area contributed by atoms with Gasteiger partial charge in [0.1, 0.15) is 5.75 Å². The molecule has 0 aromatic heterocycles. The summed E-state index contributed by atoms with van der Waals surface area (Å²) in [5, 5.41) is 2.70. The Kier molecular flexibility index (Phi) is 5.82. The third-order valence-electron chi connectivity index (χ3n) is 4.77. The number of carbonyl (C=O) groups is 1. The first-order valence-electron chi connectivity index (χ1n) is 8.92. The highest BCUT2D eigenvalue weighted by molar-refractivity contribution is 7.89. The minimum absolute atomic E-state index is 0.239. The number of ether oxygens (including phenoxy) is 1. The van der Waals surface area contributed by atoms with Crippen molar-refractivity contribution in [2.45, 2.75) is 30.6 Å². The zero-order valence-electron chi connectivity index (χ0n) is 15.6. The number of rotatable bonds is 6. The molecule has 1 N–H and O–H groups in total. The van der Waals surface area contributed by atoms with E-state index in [9.17, 15) is 13.2 Å². The third kappa shape index (κ3) is 4.48. The largest absolute Gasteiger partial charge is 0.497 e. The second kappa shape index (κ2) is 8.10. The molecule has 0 atom stereocenters. The number of amides is 1. The summed E-state index contributed by atoms with van der Waals surface area (Å²) in [6, 6.07) is 12.1. The first-order chi connectivity index (χ1) is 12.9. The van der Waals surface area contributed by atoms with E-state index in [0.717, 1.165) is 35.6 Å². The van der Waals surface area contributed by atoms with Crippen LogP contribution in [0.15, 0.2) is 47.4 Å². The molecule has 144 valence electrons. The van der Waals surface area contributed by atoms with Gasteiger partial charge in [-0.3, -0.25) is 4.79 Å². The first-order valence-corrected chi connectivity index (χ1v) is 10.4. The number of carbonyl (C=O) groups excluding carboxylic acids is 1. The van der Waals surface area contributed by atoms with E-state index in [1.165, 1.54) is 12.6 Å². The van der Waals surface area contributed by atoms with Crippen LogP contribution < -0.4 is 10.1 Å². The van der Waals surface area contributed by atoms with E-state index in [2.05, 4.69) is 5.32 Å². The Morgan fingerprint density at radius 2 is 1.74 bits per heavy atom. The Morgan fingerprint density at radius 1 is 1.07 bits per heavy atom. The lowest BCUT2D eigenvalue weighted by molar-refractivity contribution is -0.116. The minimum atomic E-state index is -3.72. The summed E-state index contributed by atoms with van der Waals surface area (Å²) >= 11 is 0. The molecule has 0 radical (unpaired) electrons.